The average molecular weight is 211 g/mol. The van der Waals surface area contributed by atoms with Gasteiger partial charge in [-0.05, 0) is 24.3 Å². The number of anilines is 3. The number of para-hydroxylation sites is 2. The highest BCUT2D eigenvalue weighted by atomic mass is 15.2. The van der Waals surface area contributed by atoms with E-state index in [9.17, 15) is 0 Å². The molecule has 2 aromatic rings. The van der Waals surface area contributed by atoms with Crippen molar-refractivity contribution < 1.29 is 0 Å². The molecule has 1 aromatic heterocycles. The molecule has 1 N–H and O–H groups in total. The van der Waals surface area contributed by atoms with Crippen molar-refractivity contribution in [2.24, 2.45) is 0 Å². The first-order chi connectivity index (χ1) is 7.95. The Morgan fingerprint density at radius 3 is 2.81 bits per heavy atom. The summed E-state index contributed by atoms with van der Waals surface area (Å²) >= 11 is 0. The molecular formula is C13H13N3. The molecule has 1 aliphatic rings. The molecular weight excluding hydrogens is 198 g/mol. The summed E-state index contributed by atoms with van der Waals surface area (Å²) in [6.45, 7) is 1.90. The van der Waals surface area contributed by atoms with Gasteiger partial charge < -0.3 is 10.2 Å². The minimum absolute atomic E-state index is 0.952. The van der Waals surface area contributed by atoms with Crippen LogP contribution >= 0.6 is 0 Å². The molecule has 0 amide bonds. The van der Waals surface area contributed by atoms with Crippen molar-refractivity contribution in [1.82, 2.24) is 4.98 Å². The number of hydrogen-bond donors (Lipinski definition) is 1. The Morgan fingerprint density at radius 1 is 1.06 bits per heavy atom. The van der Waals surface area contributed by atoms with Gasteiger partial charge in [0.05, 0.1) is 11.4 Å². The van der Waals surface area contributed by atoms with Gasteiger partial charge in [-0.25, -0.2) is 4.98 Å². The molecule has 0 fully saturated rings. The van der Waals surface area contributed by atoms with Crippen molar-refractivity contribution in [2.75, 3.05) is 23.3 Å². The zero-order chi connectivity index (χ0) is 10.8. The molecule has 2 heterocycles. The van der Waals surface area contributed by atoms with Crippen molar-refractivity contribution in [3.63, 3.8) is 0 Å². The molecule has 0 saturated carbocycles. The van der Waals surface area contributed by atoms with Crippen LogP contribution in [0.1, 0.15) is 0 Å². The number of pyridine rings is 1. The fourth-order valence-electron chi connectivity index (χ4n) is 2.03. The minimum atomic E-state index is 0.952. The molecule has 0 aliphatic carbocycles. The van der Waals surface area contributed by atoms with Crippen molar-refractivity contribution in [1.29, 1.82) is 0 Å². The topological polar surface area (TPSA) is 28.2 Å². The van der Waals surface area contributed by atoms with E-state index >= 15 is 0 Å². The first-order valence-corrected chi connectivity index (χ1v) is 5.46. The molecule has 0 atom stereocenters. The van der Waals surface area contributed by atoms with Gasteiger partial charge in [0.15, 0.2) is 0 Å². The molecule has 0 saturated heterocycles. The Hall–Kier alpha value is -2.03. The van der Waals surface area contributed by atoms with Crippen LogP contribution in [0.25, 0.3) is 0 Å². The number of nitrogens with one attached hydrogen (secondary N) is 1. The van der Waals surface area contributed by atoms with Crippen LogP contribution in [0.4, 0.5) is 17.2 Å². The van der Waals surface area contributed by atoms with E-state index in [0.717, 1.165) is 18.9 Å². The van der Waals surface area contributed by atoms with Crippen LogP contribution in [0.5, 0.6) is 0 Å². The Balaban J connectivity index is 2.05. The molecule has 0 bridgehead atoms. The molecule has 3 nitrogen and oxygen atoms in total. The normalized spacial score (nSPS) is 14.1. The quantitative estimate of drug-likeness (QED) is 0.786. The van der Waals surface area contributed by atoms with E-state index in [4.69, 9.17) is 0 Å². The minimum Gasteiger partial charge on any atom is -0.382 e. The molecule has 0 unspecified atom stereocenters. The lowest BCUT2D eigenvalue weighted by Gasteiger charge is -2.31. The Morgan fingerprint density at radius 2 is 1.94 bits per heavy atom. The van der Waals surface area contributed by atoms with Crippen LogP contribution in [-0.4, -0.2) is 18.1 Å². The molecule has 0 radical (unpaired) electrons. The van der Waals surface area contributed by atoms with Crippen LogP contribution in [-0.2, 0) is 0 Å². The summed E-state index contributed by atoms with van der Waals surface area (Å²) in [5.41, 5.74) is 2.38. The zero-order valence-corrected chi connectivity index (χ0v) is 8.93. The number of rotatable bonds is 1. The molecule has 1 aromatic carbocycles. The summed E-state index contributed by atoms with van der Waals surface area (Å²) in [5, 5.41) is 3.39. The van der Waals surface area contributed by atoms with E-state index < -0.39 is 0 Å². The van der Waals surface area contributed by atoms with Gasteiger partial charge in [-0.3, -0.25) is 0 Å². The number of fused-ring (bicyclic) bond motifs is 1. The van der Waals surface area contributed by atoms with Gasteiger partial charge in [-0.15, -0.1) is 0 Å². The number of hydrogen-bond acceptors (Lipinski definition) is 3. The Bertz CT molecular complexity index is 482. The first kappa shape index (κ1) is 9.21. The molecule has 1 aliphatic heterocycles. The lowest BCUT2D eigenvalue weighted by molar-refractivity contribution is 0.908. The fourth-order valence-corrected chi connectivity index (χ4v) is 2.03. The second-order valence-corrected chi connectivity index (χ2v) is 3.78. The summed E-state index contributed by atoms with van der Waals surface area (Å²) in [7, 11) is 0. The Labute approximate surface area is 94.7 Å². The van der Waals surface area contributed by atoms with Crippen molar-refractivity contribution in [3.8, 4) is 0 Å². The van der Waals surface area contributed by atoms with Crippen molar-refractivity contribution >= 4 is 17.2 Å². The highest BCUT2D eigenvalue weighted by Crippen LogP contribution is 2.32. The van der Waals surface area contributed by atoms with E-state index in [2.05, 4.69) is 33.4 Å². The Kier molecular flexibility index (Phi) is 2.22. The van der Waals surface area contributed by atoms with E-state index in [1.807, 2.05) is 30.5 Å². The fraction of sp³-hybridized carbons (Fsp3) is 0.154. The van der Waals surface area contributed by atoms with Crippen LogP contribution in [0.15, 0.2) is 48.7 Å². The van der Waals surface area contributed by atoms with Crippen LogP contribution in [0.3, 0.4) is 0 Å². The average Bonchev–Trinajstić information content (AvgIpc) is 2.39. The largest absolute Gasteiger partial charge is 0.382 e. The van der Waals surface area contributed by atoms with Gasteiger partial charge in [0.1, 0.15) is 5.82 Å². The van der Waals surface area contributed by atoms with Gasteiger partial charge >= 0.3 is 0 Å². The number of nitrogens with zero attached hydrogens (tertiary/aromatic N) is 2. The van der Waals surface area contributed by atoms with E-state index in [0.29, 0.717) is 0 Å². The number of aromatic nitrogens is 1. The zero-order valence-electron chi connectivity index (χ0n) is 8.93. The van der Waals surface area contributed by atoms with Gasteiger partial charge in [0.25, 0.3) is 0 Å². The highest BCUT2D eigenvalue weighted by molar-refractivity contribution is 5.77. The summed E-state index contributed by atoms with van der Waals surface area (Å²) in [4.78, 5) is 6.64. The lowest BCUT2D eigenvalue weighted by Crippen LogP contribution is -2.30. The predicted molar refractivity (Wildman–Crippen MR) is 66.2 cm³/mol. The summed E-state index contributed by atoms with van der Waals surface area (Å²) in [5.74, 6) is 1.01. The van der Waals surface area contributed by atoms with Crippen LogP contribution in [0.2, 0.25) is 0 Å². The number of benzene rings is 1. The van der Waals surface area contributed by atoms with E-state index in [1.54, 1.807) is 0 Å². The van der Waals surface area contributed by atoms with Crippen molar-refractivity contribution in [3.05, 3.63) is 48.7 Å². The summed E-state index contributed by atoms with van der Waals surface area (Å²) in [6.07, 6.45) is 1.83. The molecule has 16 heavy (non-hydrogen) atoms. The third-order valence-electron chi connectivity index (χ3n) is 2.77. The monoisotopic (exact) mass is 211 g/mol. The molecule has 0 spiro atoms. The van der Waals surface area contributed by atoms with Crippen molar-refractivity contribution in [2.45, 2.75) is 0 Å². The SMILES string of the molecule is c1ccc(N2CCNc3ccccc32)nc1. The summed E-state index contributed by atoms with van der Waals surface area (Å²) in [6, 6.07) is 14.3. The first-order valence-electron chi connectivity index (χ1n) is 5.46. The second kappa shape index (κ2) is 3.85. The molecule has 80 valence electrons. The second-order valence-electron chi connectivity index (χ2n) is 3.78. The van der Waals surface area contributed by atoms with Crippen LogP contribution < -0.4 is 10.2 Å². The van der Waals surface area contributed by atoms with E-state index in [1.165, 1.54) is 11.4 Å². The maximum Gasteiger partial charge on any atom is 0.133 e. The maximum atomic E-state index is 4.40. The predicted octanol–water partition coefficient (Wildman–Crippen LogP) is 2.65. The van der Waals surface area contributed by atoms with Gasteiger partial charge in [0, 0.05) is 19.3 Å². The van der Waals surface area contributed by atoms with Gasteiger partial charge in [-0.2, -0.15) is 0 Å². The van der Waals surface area contributed by atoms with Gasteiger partial charge in [-0.1, -0.05) is 18.2 Å². The third kappa shape index (κ3) is 1.50. The molecule has 3 heteroatoms. The summed E-state index contributed by atoms with van der Waals surface area (Å²) < 4.78 is 0. The standard InChI is InChI=1S/C13H13N3/c1-2-6-12-11(5-1)14-9-10-16(12)13-7-3-4-8-15-13/h1-8,14H,9-10H2. The maximum absolute atomic E-state index is 4.40. The van der Waals surface area contributed by atoms with Gasteiger partial charge in [0.2, 0.25) is 0 Å². The highest BCUT2D eigenvalue weighted by Gasteiger charge is 2.17. The van der Waals surface area contributed by atoms with E-state index in [-0.39, 0.29) is 0 Å². The smallest absolute Gasteiger partial charge is 0.133 e. The molecule has 3 rings (SSSR count). The van der Waals surface area contributed by atoms with Crippen LogP contribution in [0, 0.1) is 0 Å². The lowest BCUT2D eigenvalue weighted by atomic mass is 10.2. The third-order valence-corrected chi connectivity index (χ3v) is 2.77.